The van der Waals surface area contributed by atoms with Gasteiger partial charge < -0.3 is 0 Å². The molecule has 4 nitrogen and oxygen atoms in total. The Morgan fingerprint density at radius 1 is 1.21 bits per heavy atom. The topological polar surface area (TPSA) is 48.2 Å². The van der Waals surface area contributed by atoms with Crippen molar-refractivity contribution in [3.8, 4) is 0 Å². The van der Waals surface area contributed by atoms with E-state index < -0.39 is 0 Å². The first kappa shape index (κ1) is 16.7. The number of aliphatic imine (C=N–C) groups is 1. The van der Waals surface area contributed by atoms with Gasteiger partial charge in [-0.15, -0.1) is 0 Å². The van der Waals surface area contributed by atoms with Gasteiger partial charge in [0.2, 0.25) is 0 Å². The molecule has 0 amide bonds. The fourth-order valence-electron chi connectivity index (χ4n) is 2.99. The second kappa shape index (κ2) is 7.16. The van der Waals surface area contributed by atoms with Gasteiger partial charge in [-0.05, 0) is 24.6 Å². The van der Waals surface area contributed by atoms with Crippen LogP contribution < -0.4 is 10.6 Å². The maximum Gasteiger partial charge on any atom is 0.149 e. The molecule has 0 fully saturated rings. The Kier molecular flexibility index (Phi) is 4.97. The van der Waals surface area contributed by atoms with Crippen LogP contribution in [-0.2, 0) is 0 Å². The molecule has 0 spiro atoms. The lowest BCUT2D eigenvalue weighted by atomic mass is 10.1. The zero-order valence-corrected chi connectivity index (χ0v) is 14.5. The predicted octanol–water partition coefficient (Wildman–Crippen LogP) is 3.02. The molecule has 0 bridgehead atoms. The van der Waals surface area contributed by atoms with Gasteiger partial charge in [-0.2, -0.15) is 0 Å². The number of hydrogen-bond donors (Lipinski definition) is 1. The van der Waals surface area contributed by atoms with E-state index in [4.69, 9.17) is 16.6 Å². The fourth-order valence-corrected chi connectivity index (χ4v) is 3.16. The zero-order valence-electron chi connectivity index (χ0n) is 13.8. The first-order chi connectivity index (χ1) is 11.7. The van der Waals surface area contributed by atoms with Crippen molar-refractivity contribution in [2.75, 3.05) is 7.05 Å². The highest BCUT2D eigenvalue weighted by molar-refractivity contribution is 6.30. The van der Waals surface area contributed by atoms with Gasteiger partial charge in [-0.3, -0.25) is 10.2 Å². The second-order valence-corrected chi connectivity index (χ2v) is 6.16. The molecule has 0 aliphatic carbocycles. The van der Waals surface area contributed by atoms with E-state index >= 15 is 0 Å². The third-order valence-electron chi connectivity index (χ3n) is 4.11. The van der Waals surface area contributed by atoms with Crippen molar-refractivity contribution < 1.29 is 5.21 Å². The van der Waals surface area contributed by atoms with Crippen molar-refractivity contribution in [1.82, 2.24) is 5.06 Å². The molecule has 0 aromatic heterocycles. The summed E-state index contributed by atoms with van der Waals surface area (Å²) in [5.74, 6) is 0.619. The molecule has 1 aliphatic rings. The molecule has 0 saturated heterocycles. The van der Waals surface area contributed by atoms with Crippen molar-refractivity contribution in [2.45, 2.75) is 25.8 Å². The monoisotopic (exact) mass is 341 g/mol. The van der Waals surface area contributed by atoms with Crippen LogP contribution in [0.15, 0.2) is 58.5 Å². The number of nitrogens with zero attached hydrogens (tertiary/aromatic N) is 3. The number of benzene rings is 2. The van der Waals surface area contributed by atoms with Crippen molar-refractivity contribution in [3.63, 3.8) is 0 Å². The number of amidine groups is 1. The molecule has 3 rings (SSSR count). The molecular formula is C19H20ClN3O. The van der Waals surface area contributed by atoms with Gasteiger partial charge in [-0.25, -0.2) is 10.1 Å². The fraction of sp³-hybridized carbons (Fsp3) is 0.263. The van der Waals surface area contributed by atoms with Crippen LogP contribution in [-0.4, -0.2) is 29.2 Å². The highest BCUT2D eigenvalue weighted by atomic mass is 35.5. The normalized spacial score (nSPS) is 19.0. The van der Waals surface area contributed by atoms with Crippen LogP contribution in [0.4, 0.5) is 0 Å². The molecule has 5 heteroatoms. The standard InChI is InChI=1S/C19H20ClN3O/c1-3-7-17-19(21-2)22-16-11-10-14(20)12-15(16)18(23(17)24)13-8-5-4-6-9-13/h4-6,8-12,17,24H,3,7H2,1-2H3. The van der Waals surface area contributed by atoms with E-state index in [9.17, 15) is 5.21 Å². The van der Waals surface area contributed by atoms with Crippen LogP contribution in [0.3, 0.4) is 0 Å². The van der Waals surface area contributed by atoms with Crippen LogP contribution in [0.2, 0.25) is 5.02 Å². The molecular weight excluding hydrogens is 322 g/mol. The average Bonchev–Trinajstić information content (AvgIpc) is 2.71. The Hall–Kier alpha value is -2.17. The first-order valence-corrected chi connectivity index (χ1v) is 8.42. The Morgan fingerprint density at radius 3 is 2.62 bits per heavy atom. The summed E-state index contributed by atoms with van der Waals surface area (Å²) in [4.78, 5) is 9.00. The zero-order chi connectivity index (χ0) is 17.1. The lowest BCUT2D eigenvalue weighted by molar-refractivity contribution is -0.0477. The van der Waals surface area contributed by atoms with Crippen LogP contribution in [0.5, 0.6) is 0 Å². The van der Waals surface area contributed by atoms with Crippen molar-refractivity contribution in [3.05, 3.63) is 69.7 Å². The molecule has 1 atom stereocenters. The van der Waals surface area contributed by atoms with E-state index in [1.807, 2.05) is 48.5 Å². The summed E-state index contributed by atoms with van der Waals surface area (Å²) in [6.45, 7) is 2.08. The molecule has 24 heavy (non-hydrogen) atoms. The van der Waals surface area contributed by atoms with Gasteiger partial charge in [-0.1, -0.05) is 55.3 Å². The van der Waals surface area contributed by atoms with Crippen molar-refractivity contribution in [1.29, 1.82) is 0 Å². The van der Waals surface area contributed by atoms with E-state index in [0.717, 1.165) is 29.0 Å². The van der Waals surface area contributed by atoms with Gasteiger partial charge in [0.05, 0.1) is 11.1 Å². The Balaban J connectivity index is 2.39. The summed E-state index contributed by atoms with van der Waals surface area (Å²) in [6.07, 6.45) is 1.67. The molecule has 2 aromatic carbocycles. The van der Waals surface area contributed by atoms with Gasteiger partial charge >= 0.3 is 0 Å². The van der Waals surface area contributed by atoms with E-state index in [1.165, 1.54) is 5.06 Å². The van der Waals surface area contributed by atoms with Crippen LogP contribution in [0, 0.1) is 0 Å². The minimum Gasteiger partial charge on any atom is -0.288 e. The number of hydrogen-bond acceptors (Lipinski definition) is 3. The van der Waals surface area contributed by atoms with E-state index in [0.29, 0.717) is 16.6 Å². The van der Waals surface area contributed by atoms with Crippen LogP contribution in [0.25, 0.3) is 5.70 Å². The smallest absolute Gasteiger partial charge is 0.149 e. The Labute approximate surface area is 146 Å². The van der Waals surface area contributed by atoms with E-state index in [-0.39, 0.29) is 6.04 Å². The molecule has 1 heterocycles. The molecule has 0 saturated carbocycles. The summed E-state index contributed by atoms with van der Waals surface area (Å²) in [7, 11) is 1.71. The predicted molar refractivity (Wildman–Crippen MR) is 96.9 cm³/mol. The minimum absolute atomic E-state index is 0.290. The van der Waals surface area contributed by atoms with Gasteiger partial charge in [0.15, 0.2) is 0 Å². The molecule has 1 N–H and O–H groups in total. The van der Waals surface area contributed by atoms with Gasteiger partial charge in [0.1, 0.15) is 11.9 Å². The molecule has 2 aromatic rings. The highest BCUT2D eigenvalue weighted by Gasteiger charge is 2.27. The third kappa shape index (κ3) is 3.07. The summed E-state index contributed by atoms with van der Waals surface area (Å²) in [6, 6.07) is 15.0. The van der Waals surface area contributed by atoms with Crippen molar-refractivity contribution >= 4 is 23.1 Å². The first-order valence-electron chi connectivity index (χ1n) is 8.04. The Bertz CT molecular complexity index is 877. The average molecular weight is 342 g/mol. The van der Waals surface area contributed by atoms with Gasteiger partial charge in [0, 0.05) is 22.9 Å². The minimum atomic E-state index is -0.290. The van der Waals surface area contributed by atoms with E-state index in [2.05, 4.69) is 11.9 Å². The molecule has 0 radical (unpaired) electrons. The Morgan fingerprint density at radius 2 is 1.96 bits per heavy atom. The largest absolute Gasteiger partial charge is 0.288 e. The third-order valence-corrected chi connectivity index (χ3v) is 4.34. The quantitative estimate of drug-likeness (QED) is 0.932. The summed E-state index contributed by atoms with van der Waals surface area (Å²) >= 11 is 6.21. The number of rotatable bonds is 3. The maximum atomic E-state index is 11.0. The lowest BCUT2D eigenvalue weighted by Crippen LogP contribution is -2.38. The second-order valence-electron chi connectivity index (χ2n) is 5.72. The molecule has 1 unspecified atom stereocenters. The SMILES string of the molecule is CCCC1C(=NC)N=c2ccc(Cl)cc2=C(c2ccccc2)N1O. The molecule has 1 aliphatic heterocycles. The number of halogens is 1. The maximum absolute atomic E-state index is 11.0. The number of fused-ring (bicyclic) bond motifs is 1. The van der Waals surface area contributed by atoms with Crippen molar-refractivity contribution in [2.24, 2.45) is 9.98 Å². The van der Waals surface area contributed by atoms with Gasteiger partial charge in [0.25, 0.3) is 0 Å². The number of hydroxylamine groups is 2. The summed E-state index contributed by atoms with van der Waals surface area (Å²) in [5, 5.41) is 14.5. The molecule has 124 valence electrons. The summed E-state index contributed by atoms with van der Waals surface area (Å²) < 4.78 is 0. The van der Waals surface area contributed by atoms with Crippen LogP contribution >= 0.6 is 11.6 Å². The highest BCUT2D eigenvalue weighted by Crippen LogP contribution is 2.22. The van der Waals surface area contributed by atoms with E-state index in [1.54, 1.807) is 7.05 Å². The lowest BCUT2D eigenvalue weighted by Gasteiger charge is -2.28. The summed E-state index contributed by atoms with van der Waals surface area (Å²) in [5.41, 5.74) is 1.62. The van der Waals surface area contributed by atoms with Crippen LogP contribution in [0.1, 0.15) is 25.3 Å².